The summed E-state index contributed by atoms with van der Waals surface area (Å²) in [6.07, 6.45) is -4.49. The van der Waals surface area contributed by atoms with Gasteiger partial charge in [-0.2, -0.15) is 13.2 Å². The molecule has 0 amide bonds. The number of alkyl halides is 3. The van der Waals surface area contributed by atoms with Gasteiger partial charge in [-0.25, -0.2) is 0 Å². The average Bonchev–Trinajstić information content (AvgIpc) is 2.58. The minimum absolute atomic E-state index is 0.0300. The van der Waals surface area contributed by atoms with E-state index in [2.05, 4.69) is 0 Å². The van der Waals surface area contributed by atoms with Crippen molar-refractivity contribution in [2.45, 2.75) is 12.1 Å². The molecule has 0 aliphatic heterocycles. The van der Waals surface area contributed by atoms with Crippen molar-refractivity contribution >= 4 is 11.4 Å². The first-order chi connectivity index (χ1) is 11.9. The van der Waals surface area contributed by atoms with Crippen LogP contribution in [0.1, 0.15) is 17.0 Å². The molecule has 0 heterocycles. The van der Waals surface area contributed by atoms with Crippen LogP contribution < -0.4 is 11.5 Å². The highest BCUT2D eigenvalue weighted by Gasteiger charge is 2.43. The van der Waals surface area contributed by atoms with Gasteiger partial charge in [0.1, 0.15) is 5.92 Å². The summed E-state index contributed by atoms with van der Waals surface area (Å²) in [6.45, 7) is 0. The second-order valence-electron chi connectivity index (χ2n) is 5.82. The van der Waals surface area contributed by atoms with Gasteiger partial charge in [-0.05, 0) is 28.8 Å². The molecule has 0 spiro atoms. The van der Waals surface area contributed by atoms with Gasteiger partial charge in [-0.1, -0.05) is 60.7 Å². The van der Waals surface area contributed by atoms with Gasteiger partial charge in [-0.3, -0.25) is 0 Å². The molecule has 3 rings (SSSR count). The monoisotopic (exact) mass is 342 g/mol. The second kappa shape index (κ2) is 6.51. The lowest BCUT2D eigenvalue weighted by atomic mass is 9.86. The van der Waals surface area contributed by atoms with Gasteiger partial charge in [0.05, 0.1) is 0 Å². The van der Waals surface area contributed by atoms with E-state index in [1.807, 2.05) is 6.07 Å². The molecule has 0 saturated heterocycles. The topological polar surface area (TPSA) is 52.0 Å². The zero-order valence-electron chi connectivity index (χ0n) is 13.3. The summed E-state index contributed by atoms with van der Waals surface area (Å²) in [7, 11) is 0. The summed E-state index contributed by atoms with van der Waals surface area (Å²) in [5, 5.41) is 0. The van der Waals surface area contributed by atoms with Crippen LogP contribution in [0.25, 0.3) is 11.1 Å². The average molecular weight is 342 g/mol. The molecular weight excluding hydrogens is 325 g/mol. The Hall–Kier alpha value is -2.95. The van der Waals surface area contributed by atoms with Crippen LogP contribution in [-0.2, 0) is 0 Å². The molecule has 2 nitrogen and oxygen atoms in total. The molecule has 0 saturated carbocycles. The van der Waals surface area contributed by atoms with Gasteiger partial charge in [0.2, 0.25) is 0 Å². The van der Waals surface area contributed by atoms with Gasteiger partial charge in [-0.15, -0.1) is 0 Å². The van der Waals surface area contributed by atoms with E-state index in [0.717, 1.165) is 5.56 Å². The number of nitrogen functional groups attached to an aromatic ring is 2. The van der Waals surface area contributed by atoms with Crippen LogP contribution in [0.4, 0.5) is 24.5 Å². The van der Waals surface area contributed by atoms with E-state index < -0.39 is 12.1 Å². The summed E-state index contributed by atoms with van der Waals surface area (Å²) in [5.74, 6) is -1.83. The molecule has 0 fully saturated rings. The van der Waals surface area contributed by atoms with Gasteiger partial charge in [0, 0.05) is 16.9 Å². The Balaban J connectivity index is 2.23. The fourth-order valence-corrected chi connectivity index (χ4v) is 2.98. The van der Waals surface area contributed by atoms with E-state index in [4.69, 9.17) is 11.5 Å². The van der Waals surface area contributed by atoms with Crippen molar-refractivity contribution in [1.82, 2.24) is 0 Å². The Labute approximate surface area is 143 Å². The fourth-order valence-electron chi connectivity index (χ4n) is 2.98. The van der Waals surface area contributed by atoms with Crippen LogP contribution in [0.15, 0.2) is 72.8 Å². The molecule has 0 bridgehead atoms. The molecular formula is C20H17F3N2. The van der Waals surface area contributed by atoms with Crippen molar-refractivity contribution in [2.24, 2.45) is 0 Å². The highest BCUT2D eigenvalue weighted by Crippen LogP contribution is 2.45. The van der Waals surface area contributed by atoms with Crippen LogP contribution in [-0.4, -0.2) is 6.18 Å². The maximum Gasteiger partial charge on any atom is 0.399 e. The number of benzene rings is 3. The number of hydrogen-bond donors (Lipinski definition) is 2. The first-order valence-corrected chi connectivity index (χ1v) is 7.74. The highest BCUT2D eigenvalue weighted by atomic mass is 19.4. The van der Waals surface area contributed by atoms with Crippen LogP contribution >= 0.6 is 0 Å². The Morgan fingerprint density at radius 2 is 1.32 bits per heavy atom. The van der Waals surface area contributed by atoms with Crippen LogP contribution in [0, 0.1) is 0 Å². The lowest BCUT2D eigenvalue weighted by Crippen LogP contribution is -2.23. The number of rotatable bonds is 3. The summed E-state index contributed by atoms with van der Waals surface area (Å²) in [4.78, 5) is 0. The first kappa shape index (κ1) is 16.9. The van der Waals surface area contributed by atoms with Crippen molar-refractivity contribution in [3.8, 4) is 11.1 Å². The van der Waals surface area contributed by atoms with Crippen LogP contribution in [0.5, 0.6) is 0 Å². The molecule has 1 unspecified atom stereocenters. The van der Waals surface area contributed by atoms with E-state index in [-0.39, 0.29) is 22.5 Å². The zero-order chi connectivity index (χ0) is 18.0. The summed E-state index contributed by atoms with van der Waals surface area (Å²) in [6, 6.07) is 19.7. The van der Waals surface area contributed by atoms with Gasteiger partial charge in [0.15, 0.2) is 0 Å². The molecule has 1 atom stereocenters. The second-order valence-corrected chi connectivity index (χ2v) is 5.82. The summed E-state index contributed by atoms with van der Waals surface area (Å²) >= 11 is 0. The van der Waals surface area contributed by atoms with Gasteiger partial charge < -0.3 is 11.5 Å². The van der Waals surface area contributed by atoms with Crippen molar-refractivity contribution in [3.63, 3.8) is 0 Å². The number of anilines is 2. The third kappa shape index (κ3) is 3.45. The fraction of sp³-hybridized carbons (Fsp3) is 0.100. The van der Waals surface area contributed by atoms with E-state index in [0.29, 0.717) is 5.56 Å². The molecule has 3 aromatic carbocycles. The predicted octanol–water partition coefficient (Wildman–Crippen LogP) is 5.21. The minimum atomic E-state index is -4.49. The lowest BCUT2D eigenvalue weighted by molar-refractivity contribution is -0.141. The highest BCUT2D eigenvalue weighted by molar-refractivity contribution is 5.82. The molecule has 5 heteroatoms. The smallest absolute Gasteiger partial charge is 0.399 e. The first-order valence-electron chi connectivity index (χ1n) is 7.74. The Morgan fingerprint density at radius 1 is 0.760 bits per heavy atom. The maximum atomic E-state index is 13.8. The number of hydrogen-bond acceptors (Lipinski definition) is 2. The number of nitrogens with two attached hydrogens (primary N) is 2. The summed E-state index contributed by atoms with van der Waals surface area (Å²) in [5.41, 5.74) is 13.7. The zero-order valence-corrected chi connectivity index (χ0v) is 13.3. The maximum absolute atomic E-state index is 13.8. The van der Waals surface area contributed by atoms with E-state index >= 15 is 0 Å². The van der Waals surface area contributed by atoms with Gasteiger partial charge >= 0.3 is 6.18 Å². The lowest BCUT2D eigenvalue weighted by Gasteiger charge is -2.24. The van der Waals surface area contributed by atoms with E-state index in [1.54, 1.807) is 48.5 Å². The minimum Gasteiger partial charge on any atom is -0.399 e. The van der Waals surface area contributed by atoms with Crippen LogP contribution in [0.3, 0.4) is 0 Å². The van der Waals surface area contributed by atoms with Crippen molar-refractivity contribution in [3.05, 3.63) is 83.9 Å². The number of halogens is 3. The molecule has 4 N–H and O–H groups in total. The predicted molar refractivity (Wildman–Crippen MR) is 95.0 cm³/mol. The molecule has 3 aromatic rings. The molecule has 25 heavy (non-hydrogen) atoms. The van der Waals surface area contributed by atoms with Crippen molar-refractivity contribution in [1.29, 1.82) is 0 Å². The molecule has 0 aromatic heterocycles. The standard InChI is InChI=1S/C20H17F3N2/c21-20(22,23)18(14-9-5-2-6-10-14)17-12-15(24)11-16(19(17)25)13-7-3-1-4-8-13/h1-12,18H,24-25H2. The SMILES string of the molecule is Nc1cc(-c2ccccc2)c(N)c(C(c2ccccc2)C(F)(F)F)c1. The largest absolute Gasteiger partial charge is 0.399 e. The molecule has 0 aliphatic carbocycles. The Kier molecular flexibility index (Phi) is 4.40. The Morgan fingerprint density at radius 3 is 1.88 bits per heavy atom. The van der Waals surface area contributed by atoms with Crippen LogP contribution in [0.2, 0.25) is 0 Å². The third-order valence-corrected chi connectivity index (χ3v) is 4.09. The van der Waals surface area contributed by atoms with E-state index in [1.165, 1.54) is 18.2 Å². The third-order valence-electron chi connectivity index (χ3n) is 4.09. The molecule has 0 radical (unpaired) electrons. The molecule has 0 aliphatic rings. The molecule has 128 valence electrons. The summed E-state index contributed by atoms with van der Waals surface area (Å²) < 4.78 is 41.5. The quantitative estimate of drug-likeness (QED) is 0.642. The van der Waals surface area contributed by atoms with Gasteiger partial charge in [0.25, 0.3) is 0 Å². The Bertz CT molecular complexity index is 859. The normalized spacial score (nSPS) is 12.8. The van der Waals surface area contributed by atoms with E-state index in [9.17, 15) is 13.2 Å². The van der Waals surface area contributed by atoms with Crippen molar-refractivity contribution < 1.29 is 13.2 Å². The van der Waals surface area contributed by atoms with Crippen molar-refractivity contribution in [2.75, 3.05) is 11.5 Å².